The zero-order valence-electron chi connectivity index (χ0n) is 19.0. The summed E-state index contributed by atoms with van der Waals surface area (Å²) in [4.78, 5) is 16.8. The number of aromatic nitrogens is 1. The van der Waals surface area contributed by atoms with Gasteiger partial charge in [-0.05, 0) is 49.7 Å². The first kappa shape index (κ1) is 22.2. The third-order valence-electron chi connectivity index (χ3n) is 5.82. The summed E-state index contributed by atoms with van der Waals surface area (Å²) < 4.78 is 12.8. The van der Waals surface area contributed by atoms with Gasteiger partial charge < -0.3 is 29.6 Å². The number of carbonyl (C=O) groups excluding carboxylic acids is 1. The van der Waals surface area contributed by atoms with Crippen LogP contribution in [0.2, 0.25) is 0 Å². The summed E-state index contributed by atoms with van der Waals surface area (Å²) in [6.45, 7) is 4.07. The molecule has 1 aliphatic rings. The van der Waals surface area contributed by atoms with Gasteiger partial charge in [0.05, 0.1) is 25.9 Å². The Morgan fingerprint density at radius 2 is 2.00 bits per heavy atom. The van der Waals surface area contributed by atoms with E-state index in [0.29, 0.717) is 17.2 Å². The fourth-order valence-corrected chi connectivity index (χ4v) is 5.63. The fraction of sp³-hybridized carbons (Fsp3) is 0.375. The first-order chi connectivity index (χ1) is 15.5. The van der Waals surface area contributed by atoms with Gasteiger partial charge in [0.1, 0.15) is 16.5 Å². The number of thiophene rings is 1. The molecule has 3 heterocycles. The van der Waals surface area contributed by atoms with Crippen LogP contribution in [-0.2, 0) is 13.0 Å². The quantitative estimate of drug-likeness (QED) is 0.537. The molecule has 32 heavy (non-hydrogen) atoms. The smallest absolute Gasteiger partial charge is 0.319 e. The molecule has 170 valence electrons. The Morgan fingerprint density at radius 1 is 1.22 bits per heavy atom. The predicted molar refractivity (Wildman–Crippen MR) is 128 cm³/mol. The molecular formula is C24H30N4O3S. The van der Waals surface area contributed by atoms with Crippen molar-refractivity contribution < 1.29 is 14.3 Å². The number of nitrogens with one attached hydrogen (secondary N) is 2. The van der Waals surface area contributed by atoms with Crippen LogP contribution in [0.1, 0.15) is 35.4 Å². The van der Waals surface area contributed by atoms with Crippen LogP contribution in [0.25, 0.3) is 5.00 Å². The standard InChI is InChI=1S/C24H30N4O3S/c1-5-18(25-24(29)26-19-14-16(30-3)8-9-20(19)31-4)22-17-10-13-27(2)15-21(17)32-23(22)28-11-6-7-12-28/h6-9,11-12,14,18H,5,10,13,15H2,1-4H3,(H2,25,26,29)/t18-/m0/s1. The van der Waals surface area contributed by atoms with Gasteiger partial charge in [-0.15, -0.1) is 11.3 Å². The van der Waals surface area contributed by atoms with Gasteiger partial charge >= 0.3 is 6.03 Å². The number of nitrogens with zero attached hydrogens (tertiary/aromatic N) is 2. The zero-order chi connectivity index (χ0) is 22.7. The van der Waals surface area contributed by atoms with Gasteiger partial charge in [0.15, 0.2) is 0 Å². The van der Waals surface area contributed by atoms with Crippen molar-refractivity contribution in [2.24, 2.45) is 0 Å². The predicted octanol–water partition coefficient (Wildman–Crippen LogP) is 4.82. The maximum absolute atomic E-state index is 13.0. The van der Waals surface area contributed by atoms with Crippen molar-refractivity contribution in [1.29, 1.82) is 0 Å². The van der Waals surface area contributed by atoms with Gasteiger partial charge in [-0.25, -0.2) is 4.79 Å². The number of methoxy groups -OCH3 is 2. The fourth-order valence-electron chi connectivity index (χ4n) is 4.17. The highest BCUT2D eigenvalue weighted by atomic mass is 32.1. The number of likely N-dealkylation sites (N-methyl/N-ethyl adjacent to an activating group) is 1. The van der Waals surface area contributed by atoms with Crippen molar-refractivity contribution in [2.45, 2.75) is 32.4 Å². The Morgan fingerprint density at radius 3 is 2.69 bits per heavy atom. The SMILES string of the molecule is CC[C@H](NC(=O)Nc1cc(OC)ccc1OC)c1c(-n2cccc2)sc2c1CCN(C)C2. The highest BCUT2D eigenvalue weighted by molar-refractivity contribution is 7.15. The second-order valence-corrected chi connectivity index (χ2v) is 9.01. The molecule has 0 aliphatic carbocycles. The minimum absolute atomic E-state index is 0.104. The lowest BCUT2D eigenvalue weighted by Crippen LogP contribution is -2.34. The minimum atomic E-state index is -0.269. The Balaban J connectivity index is 1.63. The molecule has 1 aliphatic heterocycles. The van der Waals surface area contributed by atoms with Crippen LogP contribution >= 0.6 is 11.3 Å². The Bertz CT molecular complexity index is 1080. The summed E-state index contributed by atoms with van der Waals surface area (Å²) in [7, 11) is 5.33. The van der Waals surface area contributed by atoms with Gasteiger partial charge in [0.25, 0.3) is 0 Å². The van der Waals surface area contributed by atoms with Gasteiger partial charge in [-0.3, -0.25) is 0 Å². The van der Waals surface area contributed by atoms with Crippen LogP contribution < -0.4 is 20.1 Å². The van der Waals surface area contributed by atoms with E-state index in [1.54, 1.807) is 32.4 Å². The maximum atomic E-state index is 13.0. The molecule has 4 rings (SSSR count). The van der Waals surface area contributed by atoms with Crippen LogP contribution in [0, 0.1) is 0 Å². The summed E-state index contributed by atoms with van der Waals surface area (Å²) in [6.07, 6.45) is 5.91. The molecule has 0 fully saturated rings. The lowest BCUT2D eigenvalue weighted by molar-refractivity contribution is 0.248. The first-order valence-corrected chi connectivity index (χ1v) is 11.6. The van der Waals surface area contributed by atoms with Crippen LogP contribution in [0.4, 0.5) is 10.5 Å². The van der Waals surface area contributed by atoms with Crippen molar-refractivity contribution in [3.63, 3.8) is 0 Å². The van der Waals surface area contributed by atoms with E-state index < -0.39 is 0 Å². The number of hydrogen-bond donors (Lipinski definition) is 2. The summed E-state index contributed by atoms with van der Waals surface area (Å²) in [5, 5.41) is 7.32. The average Bonchev–Trinajstić information content (AvgIpc) is 3.45. The largest absolute Gasteiger partial charge is 0.497 e. The highest BCUT2D eigenvalue weighted by Crippen LogP contribution is 2.40. The normalized spacial score (nSPS) is 14.5. The van der Waals surface area contributed by atoms with Crippen LogP contribution in [0.5, 0.6) is 11.5 Å². The number of rotatable bonds is 7. The van der Waals surface area contributed by atoms with Gasteiger partial charge in [-0.1, -0.05) is 6.92 Å². The maximum Gasteiger partial charge on any atom is 0.319 e. The summed E-state index contributed by atoms with van der Waals surface area (Å²) >= 11 is 1.82. The van der Waals surface area contributed by atoms with Crippen molar-refractivity contribution in [2.75, 3.05) is 33.1 Å². The van der Waals surface area contributed by atoms with E-state index >= 15 is 0 Å². The molecule has 2 N–H and O–H groups in total. The van der Waals surface area contributed by atoms with E-state index in [2.05, 4.69) is 46.5 Å². The molecule has 8 heteroatoms. The number of hydrogen-bond acceptors (Lipinski definition) is 5. The van der Waals surface area contributed by atoms with Crippen molar-refractivity contribution in [3.05, 3.63) is 58.7 Å². The van der Waals surface area contributed by atoms with Crippen molar-refractivity contribution >= 4 is 23.1 Å². The van der Waals surface area contributed by atoms with E-state index in [1.165, 1.54) is 21.0 Å². The number of urea groups is 1. The third-order valence-corrected chi connectivity index (χ3v) is 7.07. The number of fused-ring (bicyclic) bond motifs is 1. The molecule has 7 nitrogen and oxygen atoms in total. The lowest BCUT2D eigenvalue weighted by atomic mass is 9.96. The van der Waals surface area contributed by atoms with E-state index in [9.17, 15) is 4.79 Å². The zero-order valence-corrected chi connectivity index (χ0v) is 19.8. The molecule has 1 atom stereocenters. The van der Waals surface area contributed by atoms with E-state index in [-0.39, 0.29) is 12.1 Å². The molecule has 0 unspecified atom stereocenters. The molecule has 0 radical (unpaired) electrons. The molecule has 2 aromatic heterocycles. The number of amides is 2. The lowest BCUT2D eigenvalue weighted by Gasteiger charge is -2.25. The Labute approximate surface area is 192 Å². The summed E-state index contributed by atoms with van der Waals surface area (Å²) in [6, 6.07) is 9.03. The first-order valence-electron chi connectivity index (χ1n) is 10.8. The van der Waals surface area contributed by atoms with Crippen LogP contribution in [-0.4, -0.2) is 43.3 Å². The molecule has 0 saturated carbocycles. The van der Waals surface area contributed by atoms with E-state index in [1.807, 2.05) is 23.5 Å². The molecule has 3 aromatic rings. The molecule has 0 bridgehead atoms. The van der Waals surface area contributed by atoms with Gasteiger partial charge in [0.2, 0.25) is 0 Å². The highest BCUT2D eigenvalue weighted by Gasteiger charge is 2.28. The minimum Gasteiger partial charge on any atom is -0.497 e. The monoisotopic (exact) mass is 454 g/mol. The second-order valence-electron chi connectivity index (χ2n) is 7.93. The van der Waals surface area contributed by atoms with Crippen molar-refractivity contribution in [3.8, 4) is 16.5 Å². The third kappa shape index (κ3) is 4.47. The molecular weight excluding hydrogens is 424 g/mol. The molecule has 2 amide bonds. The van der Waals surface area contributed by atoms with Gasteiger partial charge in [-0.2, -0.15) is 0 Å². The second kappa shape index (κ2) is 9.67. The molecule has 0 saturated heterocycles. The van der Waals surface area contributed by atoms with E-state index in [0.717, 1.165) is 25.9 Å². The van der Waals surface area contributed by atoms with Gasteiger partial charge in [0, 0.05) is 42.0 Å². The average molecular weight is 455 g/mol. The molecule has 1 aromatic carbocycles. The number of anilines is 1. The number of carbonyl (C=O) groups is 1. The summed E-state index contributed by atoms with van der Waals surface area (Å²) in [5.41, 5.74) is 3.17. The van der Waals surface area contributed by atoms with Crippen molar-refractivity contribution in [1.82, 2.24) is 14.8 Å². The Hall–Kier alpha value is -2.97. The molecule has 0 spiro atoms. The number of ether oxygens (including phenoxy) is 2. The number of benzene rings is 1. The summed E-state index contributed by atoms with van der Waals surface area (Å²) in [5.74, 6) is 1.23. The topological polar surface area (TPSA) is 67.8 Å². The van der Waals surface area contributed by atoms with Crippen LogP contribution in [0.15, 0.2) is 42.7 Å². The Kier molecular flexibility index (Phi) is 6.72. The van der Waals surface area contributed by atoms with Crippen LogP contribution in [0.3, 0.4) is 0 Å². The van der Waals surface area contributed by atoms with E-state index in [4.69, 9.17) is 9.47 Å².